The molecule has 34 heavy (non-hydrogen) atoms. The zero-order valence-corrected chi connectivity index (χ0v) is 19.3. The number of nitrogens with zero attached hydrogens (tertiary/aromatic N) is 5. The summed E-state index contributed by atoms with van der Waals surface area (Å²) in [5, 5.41) is 12.9. The SMILES string of the molecule is CS(=O)(=O)c1ccc(Nc2ncnc(O[N+]3(C(=O)c4ccccn4)CCCCC3)c2C#N)cc1. The van der Waals surface area contributed by atoms with Crippen molar-refractivity contribution in [3.63, 3.8) is 0 Å². The molecular formula is C23H23N6O4S+. The summed E-state index contributed by atoms with van der Waals surface area (Å²) in [5.74, 6) is -0.132. The van der Waals surface area contributed by atoms with Crippen molar-refractivity contribution in [2.75, 3.05) is 24.7 Å². The third-order valence-electron chi connectivity index (χ3n) is 5.52. The fourth-order valence-corrected chi connectivity index (χ4v) is 4.41. The quantitative estimate of drug-likeness (QED) is 0.529. The number of carbonyl (C=O) groups excluding carboxylic acids is 1. The van der Waals surface area contributed by atoms with Crippen LogP contribution in [0, 0.1) is 11.3 Å². The topological polar surface area (TPSA) is 135 Å². The van der Waals surface area contributed by atoms with Crippen molar-refractivity contribution in [3.8, 4) is 11.9 Å². The van der Waals surface area contributed by atoms with Gasteiger partial charge in [-0.15, -0.1) is 0 Å². The number of aromatic nitrogens is 3. The molecule has 10 nitrogen and oxygen atoms in total. The summed E-state index contributed by atoms with van der Waals surface area (Å²) in [4.78, 5) is 32.2. The Morgan fingerprint density at radius 1 is 1.06 bits per heavy atom. The molecule has 1 aliphatic rings. The maximum absolute atomic E-state index is 13.4. The molecule has 0 aliphatic carbocycles. The molecule has 0 spiro atoms. The summed E-state index contributed by atoms with van der Waals surface area (Å²) in [7, 11) is -3.33. The molecule has 0 atom stereocenters. The number of hydroxylamine groups is 3. The van der Waals surface area contributed by atoms with E-state index in [1.165, 1.54) is 18.5 Å². The number of pyridine rings is 1. The summed E-state index contributed by atoms with van der Waals surface area (Å²) >= 11 is 0. The summed E-state index contributed by atoms with van der Waals surface area (Å²) in [6.07, 6.45) is 6.46. The van der Waals surface area contributed by atoms with Gasteiger partial charge in [-0.1, -0.05) is 10.7 Å². The first-order valence-electron chi connectivity index (χ1n) is 10.7. The number of nitriles is 1. The number of quaternary nitrogens is 1. The monoisotopic (exact) mass is 479 g/mol. The van der Waals surface area contributed by atoms with Crippen LogP contribution in [-0.2, 0) is 9.84 Å². The minimum Gasteiger partial charge on any atom is -0.339 e. The lowest BCUT2D eigenvalue weighted by molar-refractivity contribution is -1.01. The lowest BCUT2D eigenvalue weighted by Crippen LogP contribution is -2.58. The smallest absolute Gasteiger partial charge is 0.339 e. The maximum Gasteiger partial charge on any atom is 0.405 e. The normalized spacial score (nSPS) is 15.2. The van der Waals surface area contributed by atoms with Crippen LogP contribution in [0.5, 0.6) is 5.88 Å². The van der Waals surface area contributed by atoms with Gasteiger partial charge in [-0.25, -0.2) is 23.2 Å². The third-order valence-corrected chi connectivity index (χ3v) is 6.65. The molecule has 11 heteroatoms. The van der Waals surface area contributed by atoms with E-state index in [1.807, 2.05) is 0 Å². The Morgan fingerprint density at radius 2 is 1.79 bits per heavy atom. The van der Waals surface area contributed by atoms with Gasteiger partial charge < -0.3 is 5.32 Å². The molecule has 174 valence electrons. The van der Waals surface area contributed by atoms with Crippen LogP contribution in [0.1, 0.15) is 35.3 Å². The number of rotatable bonds is 6. The number of nitrogens with one attached hydrogen (secondary N) is 1. The molecule has 1 amide bonds. The van der Waals surface area contributed by atoms with Crippen LogP contribution in [0.4, 0.5) is 11.5 Å². The largest absolute Gasteiger partial charge is 0.405 e. The third kappa shape index (κ3) is 4.88. The molecule has 0 saturated carbocycles. The molecule has 0 radical (unpaired) electrons. The molecule has 1 fully saturated rings. The summed E-state index contributed by atoms with van der Waals surface area (Å²) in [6.45, 7) is 0.861. The van der Waals surface area contributed by atoms with Gasteiger partial charge in [0.2, 0.25) is 0 Å². The van der Waals surface area contributed by atoms with E-state index in [0.717, 1.165) is 25.5 Å². The van der Waals surface area contributed by atoms with Gasteiger partial charge in [-0.05, 0) is 42.8 Å². The molecular weight excluding hydrogens is 456 g/mol. The predicted molar refractivity (Wildman–Crippen MR) is 123 cm³/mol. The van der Waals surface area contributed by atoms with Crippen LogP contribution < -0.4 is 10.2 Å². The molecule has 2 aromatic heterocycles. The van der Waals surface area contributed by atoms with Gasteiger partial charge >= 0.3 is 11.8 Å². The highest BCUT2D eigenvalue weighted by atomic mass is 32.2. The Morgan fingerprint density at radius 3 is 2.41 bits per heavy atom. The minimum atomic E-state index is -3.33. The van der Waals surface area contributed by atoms with Crippen LogP contribution in [0.15, 0.2) is 59.9 Å². The molecule has 1 aromatic carbocycles. The molecule has 3 heterocycles. The number of likely N-dealkylation sites (tertiary alicyclic amines) is 1. The number of sulfone groups is 1. The van der Waals surface area contributed by atoms with Crippen molar-refractivity contribution in [1.82, 2.24) is 15.0 Å². The van der Waals surface area contributed by atoms with Gasteiger partial charge in [0.15, 0.2) is 26.9 Å². The lowest BCUT2D eigenvalue weighted by atomic mass is 10.1. The van der Waals surface area contributed by atoms with Gasteiger partial charge in [0.1, 0.15) is 25.5 Å². The van der Waals surface area contributed by atoms with Gasteiger partial charge in [0.05, 0.1) is 4.90 Å². The number of carbonyl (C=O) groups is 1. The number of anilines is 2. The van der Waals surface area contributed by atoms with E-state index in [9.17, 15) is 18.5 Å². The van der Waals surface area contributed by atoms with E-state index in [-0.39, 0.29) is 38.4 Å². The molecule has 1 N–H and O–H groups in total. The van der Waals surface area contributed by atoms with Crippen molar-refractivity contribution in [2.24, 2.45) is 0 Å². The number of amides is 1. The average molecular weight is 480 g/mol. The van der Waals surface area contributed by atoms with Crippen LogP contribution in [-0.4, -0.2) is 53.3 Å². The van der Waals surface area contributed by atoms with Crippen molar-refractivity contribution < 1.29 is 22.7 Å². The van der Waals surface area contributed by atoms with Gasteiger partial charge in [-0.3, -0.25) is 4.84 Å². The standard InChI is InChI=1S/C23H23N6O4S/c1-34(31,32)18-10-8-17(9-11-18)28-21-19(15-24)22(27-16-26-21)33-29(13-5-2-6-14-29)23(30)20-7-3-4-12-25-20/h3-4,7-12,16H,2,5-6,13-14H2,1H3,(H,26,27,28)/q+1. The lowest BCUT2D eigenvalue weighted by Gasteiger charge is -2.35. The molecule has 0 bridgehead atoms. The van der Waals surface area contributed by atoms with Crippen molar-refractivity contribution >= 4 is 27.2 Å². The summed E-state index contributed by atoms with van der Waals surface area (Å²) in [6, 6.07) is 13.2. The van der Waals surface area contributed by atoms with Crippen molar-refractivity contribution in [3.05, 3.63) is 66.2 Å². The van der Waals surface area contributed by atoms with E-state index in [1.54, 1.807) is 36.5 Å². The van der Waals surface area contributed by atoms with Crippen LogP contribution >= 0.6 is 0 Å². The van der Waals surface area contributed by atoms with E-state index in [0.29, 0.717) is 18.8 Å². The molecule has 1 saturated heterocycles. The molecule has 1 aliphatic heterocycles. The second-order valence-electron chi connectivity index (χ2n) is 7.94. The van der Waals surface area contributed by atoms with Crippen molar-refractivity contribution in [2.45, 2.75) is 24.2 Å². The fourth-order valence-electron chi connectivity index (χ4n) is 3.78. The molecule has 4 rings (SSSR count). The number of benzene rings is 1. The van der Waals surface area contributed by atoms with Crippen molar-refractivity contribution in [1.29, 1.82) is 5.26 Å². The first kappa shape index (κ1) is 23.3. The first-order valence-corrected chi connectivity index (χ1v) is 12.6. The molecule has 3 aromatic rings. The van der Waals surface area contributed by atoms with E-state index < -0.39 is 9.84 Å². The highest BCUT2D eigenvalue weighted by molar-refractivity contribution is 7.90. The Hall–Kier alpha value is -3.88. The van der Waals surface area contributed by atoms with Gasteiger partial charge in [0, 0.05) is 31.0 Å². The van der Waals surface area contributed by atoms with Gasteiger partial charge in [0.25, 0.3) is 0 Å². The Balaban J connectivity index is 1.66. The first-order chi connectivity index (χ1) is 16.3. The highest BCUT2D eigenvalue weighted by Gasteiger charge is 2.44. The van der Waals surface area contributed by atoms with Crippen LogP contribution in [0.25, 0.3) is 0 Å². The Bertz CT molecular complexity index is 1330. The van der Waals surface area contributed by atoms with Crippen LogP contribution in [0.2, 0.25) is 0 Å². The highest BCUT2D eigenvalue weighted by Crippen LogP contribution is 2.30. The fraction of sp³-hybridized carbons (Fsp3) is 0.261. The maximum atomic E-state index is 13.4. The Labute approximate surface area is 197 Å². The summed E-state index contributed by atoms with van der Waals surface area (Å²) < 4.78 is 23.0. The van der Waals surface area contributed by atoms with E-state index in [2.05, 4.69) is 26.3 Å². The minimum absolute atomic E-state index is 0.0149. The second-order valence-corrected chi connectivity index (χ2v) is 9.96. The van der Waals surface area contributed by atoms with Crippen LogP contribution in [0.3, 0.4) is 0 Å². The predicted octanol–water partition coefficient (Wildman–Crippen LogP) is 3.03. The number of hydrogen-bond acceptors (Lipinski definition) is 9. The number of hydrogen-bond donors (Lipinski definition) is 1. The van der Waals surface area contributed by atoms with E-state index in [4.69, 9.17) is 4.84 Å². The zero-order valence-electron chi connectivity index (χ0n) is 18.5. The Kier molecular flexibility index (Phi) is 6.54. The van der Waals surface area contributed by atoms with Gasteiger partial charge in [-0.2, -0.15) is 10.2 Å². The molecule has 0 unspecified atom stereocenters. The number of piperidine rings is 1. The zero-order chi connectivity index (χ0) is 24.2. The van der Waals surface area contributed by atoms with E-state index >= 15 is 0 Å². The average Bonchev–Trinajstić information content (AvgIpc) is 2.85. The summed E-state index contributed by atoms with van der Waals surface area (Å²) in [5.41, 5.74) is 0.841. The second kappa shape index (κ2) is 9.54.